The van der Waals surface area contributed by atoms with E-state index in [-0.39, 0.29) is 0 Å². The molecule has 0 atom stereocenters. The Balaban J connectivity index is 3.17. The molecule has 1 rings (SSSR count). The van der Waals surface area contributed by atoms with Gasteiger partial charge in [0, 0.05) is 6.07 Å². The van der Waals surface area contributed by atoms with Crippen LogP contribution in [-0.2, 0) is 0 Å². The van der Waals surface area contributed by atoms with Crippen LogP contribution in [0.3, 0.4) is 0 Å². The average molecular weight is 180 g/mol. The van der Waals surface area contributed by atoms with E-state index in [1.165, 1.54) is 7.11 Å². The minimum absolute atomic E-state index is 0.483. The molecule has 0 bridgehead atoms. The van der Waals surface area contributed by atoms with Crippen molar-refractivity contribution in [3.63, 3.8) is 0 Å². The van der Waals surface area contributed by atoms with Crippen LogP contribution in [0.4, 0.5) is 5.69 Å². The molecule has 0 radical (unpaired) electrons. The quantitative estimate of drug-likeness (QED) is 0.570. The molecule has 5 heteroatoms. The van der Waals surface area contributed by atoms with E-state index in [1.54, 1.807) is 25.3 Å². The molecule has 0 unspecified atom stereocenters. The first-order valence-electron chi connectivity index (χ1n) is 3.61. The van der Waals surface area contributed by atoms with Gasteiger partial charge in [-0.05, 0) is 12.1 Å². The highest BCUT2D eigenvalue weighted by Crippen LogP contribution is 2.30. The molecule has 0 aliphatic rings. The molecule has 1 N–H and O–H groups in total. The van der Waals surface area contributed by atoms with E-state index in [0.717, 1.165) is 0 Å². The van der Waals surface area contributed by atoms with Crippen LogP contribution < -0.4 is 14.4 Å². The van der Waals surface area contributed by atoms with Crippen LogP contribution in [-0.4, -0.2) is 14.2 Å². The monoisotopic (exact) mass is 180 g/mol. The van der Waals surface area contributed by atoms with Gasteiger partial charge in [0.15, 0.2) is 16.6 Å². The lowest BCUT2D eigenvalue weighted by molar-refractivity contribution is 0.404. The van der Waals surface area contributed by atoms with Gasteiger partial charge in [-0.3, -0.25) is 0 Å². The predicted molar refractivity (Wildman–Crippen MR) is 46.5 cm³/mol. The molecule has 5 nitrogen and oxygen atoms in total. The van der Waals surface area contributed by atoms with Crippen molar-refractivity contribution in [1.82, 2.24) is 4.91 Å². The van der Waals surface area contributed by atoms with Gasteiger partial charge in [-0.15, -0.1) is 0 Å². The Morgan fingerprint density at radius 1 is 1.31 bits per heavy atom. The topological polar surface area (TPSA) is 68.8 Å². The Bertz CT molecular complexity index is 345. The number of hydrogen-bond acceptors (Lipinski definition) is 4. The summed E-state index contributed by atoms with van der Waals surface area (Å²) in [6.07, 6.45) is 0. The van der Waals surface area contributed by atoms with Gasteiger partial charge < -0.3 is 9.47 Å². The highest BCUT2D eigenvalue weighted by atomic mass is 16.5. The number of ether oxygens (including phenoxy) is 2. The van der Waals surface area contributed by atoms with Crippen LogP contribution in [0.15, 0.2) is 23.3 Å². The minimum Gasteiger partial charge on any atom is -0.497 e. The Morgan fingerprint density at radius 2 is 2.08 bits per heavy atom. The lowest BCUT2D eigenvalue weighted by Gasteiger charge is -2.02. The first-order valence-corrected chi connectivity index (χ1v) is 3.61. The first kappa shape index (κ1) is 9.22. The maximum absolute atomic E-state index is 6.60. The molecule has 0 aliphatic carbocycles. The molecule has 0 aliphatic heterocycles. The standard InChI is InChI=1S/C8H10N3O2/c1-12-6-3-4-8(13-2)7(5-6)10-11-9/h3-5,9H,1-2H3/q+1. The van der Waals surface area contributed by atoms with E-state index in [1.807, 2.05) is 0 Å². The van der Waals surface area contributed by atoms with Crippen molar-refractivity contribution in [2.45, 2.75) is 0 Å². The van der Waals surface area contributed by atoms with Crippen molar-refractivity contribution >= 4 is 5.69 Å². The first-order chi connectivity index (χ1) is 6.31. The lowest BCUT2D eigenvalue weighted by atomic mass is 10.3. The van der Waals surface area contributed by atoms with Gasteiger partial charge >= 0.3 is 0 Å². The second-order valence-corrected chi connectivity index (χ2v) is 2.24. The molecule has 1 aromatic carbocycles. The van der Waals surface area contributed by atoms with Crippen molar-refractivity contribution in [3.05, 3.63) is 18.2 Å². The predicted octanol–water partition coefficient (Wildman–Crippen LogP) is 1.89. The summed E-state index contributed by atoms with van der Waals surface area (Å²) in [6.45, 7) is 0. The van der Waals surface area contributed by atoms with Gasteiger partial charge in [-0.2, -0.15) is 0 Å². The summed E-state index contributed by atoms with van der Waals surface area (Å²) in [5.74, 6) is 1.22. The Morgan fingerprint density at radius 3 is 2.62 bits per heavy atom. The normalized spacial score (nSPS) is 8.77. The highest BCUT2D eigenvalue weighted by Gasteiger charge is 2.07. The maximum Gasteiger partial charge on any atom is 0.220 e. The van der Waals surface area contributed by atoms with Gasteiger partial charge in [-0.25, -0.2) is 0 Å². The number of methoxy groups -OCH3 is 2. The van der Waals surface area contributed by atoms with Crippen LogP contribution in [0, 0.1) is 5.53 Å². The van der Waals surface area contributed by atoms with Gasteiger partial charge in [0.25, 0.3) is 0 Å². The number of hydrogen-bond donors (Lipinski definition) is 1. The van der Waals surface area contributed by atoms with Crippen LogP contribution in [0.5, 0.6) is 11.5 Å². The summed E-state index contributed by atoms with van der Waals surface area (Å²) in [6, 6.07) is 5.11. The molecule has 0 saturated heterocycles. The molecule has 0 spiro atoms. The van der Waals surface area contributed by atoms with Gasteiger partial charge in [0.1, 0.15) is 11.3 Å². The van der Waals surface area contributed by atoms with E-state index in [0.29, 0.717) is 17.2 Å². The highest BCUT2D eigenvalue weighted by molar-refractivity contribution is 5.54. The number of nitrogens with one attached hydrogen (secondary N) is 1. The molecule has 0 saturated carbocycles. The van der Waals surface area contributed by atoms with Crippen molar-refractivity contribution in [1.29, 1.82) is 5.53 Å². The third-order valence-electron chi connectivity index (χ3n) is 1.54. The van der Waals surface area contributed by atoms with Gasteiger partial charge in [0.05, 0.1) is 14.2 Å². The van der Waals surface area contributed by atoms with E-state index in [2.05, 4.69) is 10.0 Å². The number of rotatable bonds is 3. The maximum atomic E-state index is 6.60. The zero-order valence-corrected chi connectivity index (χ0v) is 7.44. The van der Waals surface area contributed by atoms with E-state index in [4.69, 9.17) is 15.0 Å². The van der Waals surface area contributed by atoms with Crippen LogP contribution >= 0.6 is 0 Å². The Kier molecular flexibility index (Phi) is 3.00. The fourth-order valence-electron chi connectivity index (χ4n) is 0.929. The van der Waals surface area contributed by atoms with E-state index in [9.17, 15) is 0 Å². The van der Waals surface area contributed by atoms with E-state index < -0.39 is 0 Å². The molecule has 0 heterocycles. The van der Waals surface area contributed by atoms with Crippen LogP contribution in [0.25, 0.3) is 0 Å². The summed E-state index contributed by atoms with van der Waals surface area (Å²) in [5, 5.41) is 3.57. The largest absolute Gasteiger partial charge is 0.497 e. The van der Waals surface area contributed by atoms with Crippen molar-refractivity contribution in [3.8, 4) is 11.5 Å². The fourth-order valence-corrected chi connectivity index (χ4v) is 0.929. The van der Waals surface area contributed by atoms with Crippen molar-refractivity contribution in [2.24, 2.45) is 5.11 Å². The van der Waals surface area contributed by atoms with E-state index >= 15 is 0 Å². The van der Waals surface area contributed by atoms with Crippen LogP contribution in [0.2, 0.25) is 0 Å². The zero-order valence-electron chi connectivity index (χ0n) is 7.44. The van der Waals surface area contributed by atoms with Crippen molar-refractivity contribution < 1.29 is 9.47 Å². The summed E-state index contributed by atoms with van der Waals surface area (Å²) >= 11 is 0. The molecule has 1 aromatic rings. The van der Waals surface area contributed by atoms with Gasteiger partial charge in [-0.1, -0.05) is 0 Å². The summed E-state index contributed by atoms with van der Waals surface area (Å²) in [4.78, 5) is 2.93. The molecule has 0 fully saturated rings. The fraction of sp³-hybridized carbons (Fsp3) is 0.250. The number of nitrogens with zero attached hydrogens (tertiary/aromatic N) is 2. The molecule has 0 amide bonds. The lowest BCUT2D eigenvalue weighted by Crippen LogP contribution is -1.86. The summed E-state index contributed by atoms with van der Waals surface area (Å²) < 4.78 is 9.99. The summed E-state index contributed by atoms with van der Waals surface area (Å²) in [5.41, 5.74) is 7.08. The SMILES string of the molecule is COc1ccc(OC)c(N=[N+]=N)c1. The molecule has 13 heavy (non-hydrogen) atoms. The third kappa shape index (κ3) is 2.04. The Labute approximate surface area is 75.5 Å². The van der Waals surface area contributed by atoms with Crippen molar-refractivity contribution in [2.75, 3.05) is 14.2 Å². The Hall–Kier alpha value is -1.87. The second kappa shape index (κ2) is 4.23. The molecule has 0 aromatic heterocycles. The number of benzene rings is 1. The zero-order chi connectivity index (χ0) is 9.68. The third-order valence-corrected chi connectivity index (χ3v) is 1.54. The molecular weight excluding hydrogens is 170 g/mol. The smallest absolute Gasteiger partial charge is 0.220 e. The molecular formula is C8H10N3O2+. The molecule has 68 valence electrons. The van der Waals surface area contributed by atoms with Gasteiger partial charge in [0.2, 0.25) is 4.91 Å². The minimum atomic E-state index is 0.483. The second-order valence-electron chi connectivity index (χ2n) is 2.24. The average Bonchev–Trinajstić information content (AvgIpc) is 2.18. The summed E-state index contributed by atoms with van der Waals surface area (Å²) in [7, 11) is 3.09. The van der Waals surface area contributed by atoms with Crippen LogP contribution in [0.1, 0.15) is 0 Å².